The second-order valence-corrected chi connectivity index (χ2v) is 8.92. The Balaban J connectivity index is 0. The van der Waals surface area contributed by atoms with E-state index in [0.717, 1.165) is 12.8 Å². The molecule has 2 nitrogen and oxygen atoms in total. The standard InChI is InChI=1S/C26H52O2.Ca.2H/c1-2-3-4-5-6-7-8-9-10-11-12-13-14-15-16-17-18-19-20-21-22-23-24-25-26(27)28;;;/h2-25H2,1H3,(H,27,28);;;. The van der Waals surface area contributed by atoms with Gasteiger partial charge in [0.15, 0.2) is 0 Å². The van der Waals surface area contributed by atoms with Crippen molar-refractivity contribution in [2.24, 2.45) is 0 Å². The quantitative estimate of drug-likeness (QED) is 0.121. The van der Waals surface area contributed by atoms with Crippen LogP contribution in [0.1, 0.15) is 161 Å². The molecular weight excluding hydrogens is 384 g/mol. The Labute approximate surface area is 213 Å². The van der Waals surface area contributed by atoms with Crippen LogP contribution in [0.5, 0.6) is 0 Å². The van der Waals surface area contributed by atoms with Gasteiger partial charge in [-0.05, 0) is 6.42 Å². The van der Waals surface area contributed by atoms with Crippen LogP contribution in [0.4, 0.5) is 0 Å². The van der Waals surface area contributed by atoms with Crippen molar-refractivity contribution in [2.75, 3.05) is 0 Å². The molecule has 1 N–H and O–H groups in total. The van der Waals surface area contributed by atoms with Crippen LogP contribution in [0, 0.1) is 0 Å². The van der Waals surface area contributed by atoms with Crippen molar-refractivity contribution in [3.8, 4) is 0 Å². The molecule has 0 unspecified atom stereocenters. The molecule has 0 radical (unpaired) electrons. The number of hydrogen-bond acceptors (Lipinski definition) is 1. The van der Waals surface area contributed by atoms with Crippen molar-refractivity contribution in [3.05, 3.63) is 0 Å². The first-order valence-electron chi connectivity index (χ1n) is 13.0. The number of aliphatic carboxylic acids is 1. The summed E-state index contributed by atoms with van der Waals surface area (Å²) in [4.78, 5) is 10.4. The zero-order valence-electron chi connectivity index (χ0n) is 19.3. The molecule has 0 heterocycles. The van der Waals surface area contributed by atoms with E-state index in [2.05, 4.69) is 6.92 Å². The SMILES string of the molecule is CCCCCCCCCCCCCCCCCCCCCCCCCC(=O)O.[CaH2]. The predicted molar refractivity (Wildman–Crippen MR) is 133 cm³/mol. The molecule has 0 atom stereocenters. The summed E-state index contributed by atoms with van der Waals surface area (Å²) in [6.45, 7) is 2.29. The molecule has 0 aliphatic carbocycles. The monoisotopic (exact) mass is 438 g/mol. The van der Waals surface area contributed by atoms with Crippen molar-refractivity contribution < 1.29 is 9.90 Å². The van der Waals surface area contributed by atoms with Crippen LogP contribution in [-0.4, -0.2) is 48.8 Å². The normalized spacial score (nSPS) is 10.8. The third kappa shape index (κ3) is 31.0. The molecule has 172 valence electrons. The minimum absolute atomic E-state index is 0. The first-order valence-corrected chi connectivity index (χ1v) is 13.0. The van der Waals surface area contributed by atoms with Gasteiger partial charge < -0.3 is 5.11 Å². The van der Waals surface area contributed by atoms with Crippen molar-refractivity contribution in [1.82, 2.24) is 0 Å². The van der Waals surface area contributed by atoms with Crippen LogP contribution in [0.2, 0.25) is 0 Å². The van der Waals surface area contributed by atoms with Crippen LogP contribution in [0.3, 0.4) is 0 Å². The van der Waals surface area contributed by atoms with Crippen molar-refractivity contribution in [1.29, 1.82) is 0 Å². The molecule has 0 saturated heterocycles. The van der Waals surface area contributed by atoms with E-state index in [1.54, 1.807) is 0 Å². The van der Waals surface area contributed by atoms with E-state index >= 15 is 0 Å². The molecule has 0 rings (SSSR count). The molecule has 3 heteroatoms. The van der Waals surface area contributed by atoms with Crippen LogP contribution in [-0.2, 0) is 4.79 Å². The van der Waals surface area contributed by atoms with Gasteiger partial charge in [0.1, 0.15) is 0 Å². The summed E-state index contributed by atoms with van der Waals surface area (Å²) in [6.07, 6.45) is 32.0. The number of unbranched alkanes of at least 4 members (excludes halogenated alkanes) is 22. The second-order valence-electron chi connectivity index (χ2n) is 8.92. The zero-order chi connectivity index (χ0) is 20.5. The molecule has 0 fully saturated rings. The molecule has 0 spiro atoms. The van der Waals surface area contributed by atoms with E-state index in [9.17, 15) is 4.79 Å². The molecule has 29 heavy (non-hydrogen) atoms. The average Bonchev–Trinajstić information content (AvgIpc) is 2.68. The Bertz CT molecular complexity index is 307. The van der Waals surface area contributed by atoms with E-state index in [0.29, 0.717) is 6.42 Å². The topological polar surface area (TPSA) is 37.3 Å². The summed E-state index contributed by atoms with van der Waals surface area (Å²) in [5.74, 6) is -0.650. The number of carbonyl (C=O) groups is 1. The van der Waals surface area contributed by atoms with Gasteiger partial charge in [-0.2, -0.15) is 0 Å². The Hall–Kier alpha value is 0.730. The Morgan fingerprint density at radius 3 is 0.862 bits per heavy atom. The summed E-state index contributed by atoms with van der Waals surface area (Å²) in [7, 11) is 0. The fourth-order valence-electron chi connectivity index (χ4n) is 4.06. The third-order valence-corrected chi connectivity index (χ3v) is 5.99. The number of hydrogen-bond donors (Lipinski definition) is 1. The maximum atomic E-state index is 10.4. The summed E-state index contributed by atoms with van der Waals surface area (Å²) >= 11 is 0. The molecule has 0 aliphatic rings. The molecule has 0 aliphatic heterocycles. The van der Waals surface area contributed by atoms with Crippen molar-refractivity contribution in [3.63, 3.8) is 0 Å². The summed E-state index contributed by atoms with van der Waals surface area (Å²) in [6, 6.07) is 0. The van der Waals surface area contributed by atoms with Gasteiger partial charge in [0, 0.05) is 6.42 Å². The van der Waals surface area contributed by atoms with Gasteiger partial charge in [0.25, 0.3) is 0 Å². The minimum atomic E-state index is -0.650. The third-order valence-electron chi connectivity index (χ3n) is 5.99. The van der Waals surface area contributed by atoms with Crippen LogP contribution in [0.15, 0.2) is 0 Å². The molecule has 0 aromatic carbocycles. The number of carboxylic acids is 1. The van der Waals surface area contributed by atoms with Crippen LogP contribution in [0.25, 0.3) is 0 Å². The van der Waals surface area contributed by atoms with Gasteiger partial charge in [0.05, 0.1) is 0 Å². The van der Waals surface area contributed by atoms with Crippen molar-refractivity contribution >= 4 is 43.7 Å². The van der Waals surface area contributed by atoms with E-state index in [1.165, 1.54) is 135 Å². The summed E-state index contributed by atoms with van der Waals surface area (Å²) in [5, 5.41) is 8.59. The maximum absolute atomic E-state index is 10.4. The fourth-order valence-corrected chi connectivity index (χ4v) is 4.06. The van der Waals surface area contributed by atoms with Crippen LogP contribution >= 0.6 is 0 Å². The first kappa shape index (κ1) is 31.9. The van der Waals surface area contributed by atoms with Crippen molar-refractivity contribution in [2.45, 2.75) is 161 Å². The zero-order valence-corrected chi connectivity index (χ0v) is 19.3. The van der Waals surface area contributed by atoms with E-state index in [1.807, 2.05) is 0 Å². The molecule has 0 saturated carbocycles. The summed E-state index contributed by atoms with van der Waals surface area (Å²) < 4.78 is 0. The molecular formula is C26H54CaO2. The molecule has 0 aromatic heterocycles. The van der Waals surface area contributed by atoms with Crippen LogP contribution < -0.4 is 0 Å². The van der Waals surface area contributed by atoms with Gasteiger partial charge in [0.2, 0.25) is 0 Å². The molecule has 0 bridgehead atoms. The van der Waals surface area contributed by atoms with Gasteiger partial charge >= 0.3 is 43.7 Å². The van der Waals surface area contributed by atoms with E-state index in [4.69, 9.17) is 5.11 Å². The second kappa shape index (κ2) is 28.7. The van der Waals surface area contributed by atoms with E-state index in [-0.39, 0.29) is 37.7 Å². The predicted octanol–water partition coefficient (Wildman–Crippen LogP) is 8.54. The first-order chi connectivity index (χ1) is 13.8. The number of carboxylic acid groups (broad SMARTS) is 1. The fraction of sp³-hybridized carbons (Fsp3) is 0.962. The van der Waals surface area contributed by atoms with Gasteiger partial charge in [-0.25, -0.2) is 0 Å². The van der Waals surface area contributed by atoms with Gasteiger partial charge in [-0.3, -0.25) is 4.79 Å². The Morgan fingerprint density at radius 2 is 0.655 bits per heavy atom. The number of rotatable bonds is 24. The average molecular weight is 439 g/mol. The van der Waals surface area contributed by atoms with Gasteiger partial charge in [-0.1, -0.05) is 148 Å². The van der Waals surface area contributed by atoms with Gasteiger partial charge in [-0.15, -0.1) is 0 Å². The Morgan fingerprint density at radius 1 is 0.448 bits per heavy atom. The van der Waals surface area contributed by atoms with E-state index < -0.39 is 5.97 Å². The summed E-state index contributed by atoms with van der Waals surface area (Å²) in [5.41, 5.74) is 0. The Kier molecular flexibility index (Phi) is 31.6. The molecule has 0 amide bonds. The molecule has 0 aromatic rings.